The summed E-state index contributed by atoms with van der Waals surface area (Å²) in [7, 11) is 2.00. The Kier molecular flexibility index (Phi) is 4.29. The highest BCUT2D eigenvalue weighted by Crippen LogP contribution is 2.20. The van der Waals surface area contributed by atoms with Crippen LogP contribution >= 0.6 is 0 Å². The molecule has 0 aliphatic carbocycles. The first-order valence-corrected chi connectivity index (χ1v) is 7.19. The molecule has 1 heterocycles. The summed E-state index contributed by atoms with van der Waals surface area (Å²) in [6.07, 6.45) is 0. The fourth-order valence-electron chi connectivity index (χ4n) is 2.66. The summed E-state index contributed by atoms with van der Waals surface area (Å²) in [6, 6.07) is 6.98. The molecule has 108 valence electrons. The maximum absolute atomic E-state index is 4.47. The van der Waals surface area contributed by atoms with Crippen molar-refractivity contribution in [2.24, 2.45) is 7.05 Å². The van der Waals surface area contributed by atoms with Crippen LogP contribution < -0.4 is 5.32 Å². The first-order chi connectivity index (χ1) is 9.40. The summed E-state index contributed by atoms with van der Waals surface area (Å²) in [5.74, 6) is 0. The standard InChI is InChI=1S/C17H25N3/c1-11-7-8-12(2)16(9-11)13(3)18-10-17-14(4)19-20(6)15(17)5/h7-9,13,18H,10H2,1-6H3. The molecule has 2 aromatic rings. The zero-order valence-corrected chi connectivity index (χ0v) is 13.4. The van der Waals surface area contributed by atoms with Gasteiger partial charge in [-0.05, 0) is 45.7 Å². The second-order valence-corrected chi connectivity index (χ2v) is 5.74. The molecule has 0 amide bonds. The monoisotopic (exact) mass is 271 g/mol. The molecule has 0 bridgehead atoms. The van der Waals surface area contributed by atoms with Crippen molar-refractivity contribution in [3.8, 4) is 0 Å². The SMILES string of the molecule is Cc1ccc(C)c(C(C)NCc2c(C)nn(C)c2C)c1. The molecule has 0 radical (unpaired) electrons. The minimum atomic E-state index is 0.342. The fourth-order valence-corrected chi connectivity index (χ4v) is 2.66. The van der Waals surface area contributed by atoms with Crippen molar-refractivity contribution in [1.82, 2.24) is 15.1 Å². The molecule has 2 rings (SSSR count). The summed E-state index contributed by atoms with van der Waals surface area (Å²) < 4.78 is 1.95. The summed E-state index contributed by atoms with van der Waals surface area (Å²) in [4.78, 5) is 0. The van der Waals surface area contributed by atoms with E-state index in [1.807, 2.05) is 11.7 Å². The van der Waals surface area contributed by atoms with E-state index in [9.17, 15) is 0 Å². The van der Waals surface area contributed by atoms with Crippen molar-refractivity contribution in [2.45, 2.75) is 47.2 Å². The maximum Gasteiger partial charge on any atom is 0.0641 e. The van der Waals surface area contributed by atoms with Gasteiger partial charge < -0.3 is 5.32 Å². The molecule has 0 saturated carbocycles. The third-order valence-corrected chi connectivity index (χ3v) is 4.15. The van der Waals surface area contributed by atoms with Gasteiger partial charge in [-0.3, -0.25) is 4.68 Å². The smallest absolute Gasteiger partial charge is 0.0641 e. The molecule has 0 saturated heterocycles. The number of benzene rings is 1. The molecule has 1 N–H and O–H groups in total. The van der Waals surface area contributed by atoms with E-state index in [-0.39, 0.29) is 0 Å². The molecular formula is C17H25N3. The van der Waals surface area contributed by atoms with Gasteiger partial charge in [0.25, 0.3) is 0 Å². The minimum Gasteiger partial charge on any atom is -0.306 e. The number of nitrogens with zero attached hydrogens (tertiary/aromatic N) is 2. The largest absolute Gasteiger partial charge is 0.306 e. The Bertz CT molecular complexity index is 611. The summed E-state index contributed by atoms with van der Waals surface area (Å²) in [5.41, 5.74) is 7.70. The molecule has 20 heavy (non-hydrogen) atoms. The van der Waals surface area contributed by atoms with Crippen molar-refractivity contribution in [3.63, 3.8) is 0 Å². The first kappa shape index (κ1) is 14.8. The lowest BCUT2D eigenvalue weighted by molar-refractivity contribution is 0.569. The van der Waals surface area contributed by atoms with Crippen LogP contribution in [-0.4, -0.2) is 9.78 Å². The van der Waals surface area contributed by atoms with Gasteiger partial charge in [-0.2, -0.15) is 5.10 Å². The van der Waals surface area contributed by atoms with Gasteiger partial charge in [0.15, 0.2) is 0 Å². The van der Waals surface area contributed by atoms with Crippen LogP contribution in [0.5, 0.6) is 0 Å². The van der Waals surface area contributed by atoms with Crippen LogP contribution in [0.25, 0.3) is 0 Å². The Balaban J connectivity index is 2.12. The predicted octanol–water partition coefficient (Wildman–Crippen LogP) is 3.50. The molecule has 0 spiro atoms. The van der Waals surface area contributed by atoms with Crippen LogP contribution in [0.15, 0.2) is 18.2 Å². The number of nitrogens with one attached hydrogen (secondary N) is 1. The van der Waals surface area contributed by atoms with Crippen LogP contribution in [0.1, 0.15) is 46.6 Å². The van der Waals surface area contributed by atoms with Crippen molar-refractivity contribution < 1.29 is 0 Å². The van der Waals surface area contributed by atoms with Crippen LogP contribution in [0.4, 0.5) is 0 Å². The quantitative estimate of drug-likeness (QED) is 0.922. The summed E-state index contributed by atoms with van der Waals surface area (Å²) >= 11 is 0. The lowest BCUT2D eigenvalue weighted by Gasteiger charge is -2.17. The average Bonchev–Trinajstić information content (AvgIpc) is 2.64. The van der Waals surface area contributed by atoms with Crippen molar-refractivity contribution >= 4 is 0 Å². The predicted molar refractivity (Wildman–Crippen MR) is 83.9 cm³/mol. The van der Waals surface area contributed by atoms with Crippen LogP contribution in [0.2, 0.25) is 0 Å². The molecule has 0 aliphatic heterocycles. The zero-order chi connectivity index (χ0) is 14.9. The van der Waals surface area contributed by atoms with E-state index in [4.69, 9.17) is 0 Å². The number of hydrogen-bond donors (Lipinski definition) is 1. The Hall–Kier alpha value is -1.61. The normalized spacial score (nSPS) is 12.7. The van der Waals surface area contributed by atoms with E-state index in [1.54, 1.807) is 0 Å². The van der Waals surface area contributed by atoms with Crippen molar-refractivity contribution in [2.75, 3.05) is 0 Å². The molecular weight excluding hydrogens is 246 g/mol. The second kappa shape index (κ2) is 5.80. The Morgan fingerprint density at radius 3 is 2.50 bits per heavy atom. The lowest BCUT2D eigenvalue weighted by atomic mass is 10.00. The van der Waals surface area contributed by atoms with Gasteiger partial charge in [0.05, 0.1) is 5.69 Å². The highest BCUT2D eigenvalue weighted by Gasteiger charge is 2.12. The van der Waals surface area contributed by atoms with Crippen molar-refractivity contribution in [1.29, 1.82) is 0 Å². The molecule has 0 aliphatic rings. The highest BCUT2D eigenvalue weighted by molar-refractivity contribution is 5.33. The molecule has 1 unspecified atom stereocenters. The molecule has 1 aromatic heterocycles. The lowest BCUT2D eigenvalue weighted by Crippen LogP contribution is -2.19. The minimum absolute atomic E-state index is 0.342. The summed E-state index contributed by atoms with van der Waals surface area (Å²) in [6.45, 7) is 11.6. The third-order valence-electron chi connectivity index (χ3n) is 4.15. The van der Waals surface area contributed by atoms with Gasteiger partial charge in [-0.25, -0.2) is 0 Å². The van der Waals surface area contributed by atoms with E-state index < -0.39 is 0 Å². The van der Waals surface area contributed by atoms with E-state index in [0.29, 0.717) is 6.04 Å². The topological polar surface area (TPSA) is 29.9 Å². The van der Waals surface area contributed by atoms with Gasteiger partial charge >= 0.3 is 0 Å². The fraction of sp³-hybridized carbons (Fsp3) is 0.471. The van der Waals surface area contributed by atoms with E-state index in [0.717, 1.165) is 12.2 Å². The van der Waals surface area contributed by atoms with E-state index in [1.165, 1.54) is 27.9 Å². The van der Waals surface area contributed by atoms with Gasteiger partial charge in [0, 0.05) is 30.9 Å². The second-order valence-electron chi connectivity index (χ2n) is 5.74. The van der Waals surface area contributed by atoms with E-state index >= 15 is 0 Å². The van der Waals surface area contributed by atoms with Gasteiger partial charge in [-0.15, -0.1) is 0 Å². The maximum atomic E-state index is 4.47. The molecule has 3 heteroatoms. The van der Waals surface area contributed by atoms with Crippen LogP contribution in [-0.2, 0) is 13.6 Å². The number of aryl methyl sites for hydroxylation is 4. The Morgan fingerprint density at radius 1 is 1.20 bits per heavy atom. The Morgan fingerprint density at radius 2 is 1.90 bits per heavy atom. The highest BCUT2D eigenvalue weighted by atomic mass is 15.3. The van der Waals surface area contributed by atoms with Gasteiger partial charge in [0.2, 0.25) is 0 Å². The van der Waals surface area contributed by atoms with Crippen LogP contribution in [0.3, 0.4) is 0 Å². The van der Waals surface area contributed by atoms with Gasteiger partial charge in [0.1, 0.15) is 0 Å². The zero-order valence-electron chi connectivity index (χ0n) is 13.4. The Labute approximate surface area is 122 Å². The summed E-state index contributed by atoms with van der Waals surface area (Å²) in [5, 5.41) is 8.09. The van der Waals surface area contributed by atoms with E-state index in [2.05, 4.69) is 63.2 Å². The number of hydrogen-bond acceptors (Lipinski definition) is 2. The average molecular weight is 271 g/mol. The third kappa shape index (κ3) is 2.93. The number of rotatable bonds is 4. The van der Waals surface area contributed by atoms with Crippen molar-refractivity contribution in [3.05, 3.63) is 51.8 Å². The molecule has 1 aromatic carbocycles. The number of aromatic nitrogens is 2. The molecule has 0 fully saturated rings. The molecule has 3 nitrogen and oxygen atoms in total. The first-order valence-electron chi connectivity index (χ1n) is 7.19. The van der Waals surface area contributed by atoms with Gasteiger partial charge in [-0.1, -0.05) is 23.8 Å². The van der Waals surface area contributed by atoms with Crippen LogP contribution in [0, 0.1) is 27.7 Å². The molecule has 1 atom stereocenters.